The molecule has 30 valence electrons. The molecular formula is HCo2LiPt. The Bertz CT molecular complexity index is 6.00. The summed E-state index contributed by atoms with van der Waals surface area (Å²) >= 11 is 0. The van der Waals surface area contributed by atoms with Crippen molar-refractivity contribution in [1.82, 2.24) is 0 Å². The maximum absolute atomic E-state index is 0. The average molecular weight is 321 g/mol. The minimum Gasteiger partial charge on any atom is 0 e. The van der Waals surface area contributed by atoms with Gasteiger partial charge in [0.1, 0.15) is 0 Å². The number of hydrogen-bond acceptors (Lipinski definition) is 0. The molecule has 4 heavy (non-hydrogen) atoms. The van der Waals surface area contributed by atoms with Crippen LogP contribution in [0.15, 0.2) is 0 Å². The molecule has 0 nitrogen and oxygen atoms in total. The monoisotopic (exact) mass is 321 g/mol. The molecule has 0 aromatic heterocycles. The van der Waals surface area contributed by atoms with Crippen molar-refractivity contribution >= 4 is 18.9 Å². The summed E-state index contributed by atoms with van der Waals surface area (Å²) in [6, 6.07) is 0. The van der Waals surface area contributed by atoms with E-state index in [1.54, 1.807) is 0 Å². The minimum atomic E-state index is 0. The molecule has 0 aromatic carbocycles. The zero-order valence-electron chi connectivity index (χ0n) is 0.983. The second kappa shape index (κ2) is 18.5. The van der Waals surface area contributed by atoms with Crippen molar-refractivity contribution in [2.75, 3.05) is 0 Å². The summed E-state index contributed by atoms with van der Waals surface area (Å²) in [5, 5.41) is 0. The first kappa shape index (κ1) is 33.5. The van der Waals surface area contributed by atoms with Gasteiger partial charge in [0, 0.05) is 54.6 Å². The fourth-order valence-electron chi connectivity index (χ4n) is 0. The molecule has 4 heteroatoms. The minimum absolute atomic E-state index is 0. The molecule has 0 amide bonds. The van der Waals surface area contributed by atoms with Gasteiger partial charge in [-0.15, -0.1) is 0 Å². The largest absolute Gasteiger partial charge is 0 e. The molecule has 0 atom stereocenters. The van der Waals surface area contributed by atoms with E-state index in [1.807, 2.05) is 0 Å². The van der Waals surface area contributed by atoms with Gasteiger partial charge >= 0.3 is 18.9 Å². The van der Waals surface area contributed by atoms with Crippen LogP contribution in [0.5, 0.6) is 0 Å². The zero-order chi connectivity index (χ0) is 0. The van der Waals surface area contributed by atoms with Gasteiger partial charge in [-0.25, -0.2) is 0 Å². The van der Waals surface area contributed by atoms with Gasteiger partial charge in [-0.05, 0) is 0 Å². The molecule has 0 unspecified atom stereocenters. The molecule has 0 saturated heterocycles. The van der Waals surface area contributed by atoms with E-state index >= 15 is 0 Å². The predicted molar refractivity (Wildman–Crippen MR) is 7.15 cm³/mol. The van der Waals surface area contributed by atoms with E-state index in [0.29, 0.717) is 0 Å². The summed E-state index contributed by atoms with van der Waals surface area (Å²) < 4.78 is 0. The second-order valence-corrected chi connectivity index (χ2v) is 0. The molecule has 0 aliphatic heterocycles. The summed E-state index contributed by atoms with van der Waals surface area (Å²) in [4.78, 5) is 0. The standard InChI is InChI=1S/2Co.Li.Pt.H. The van der Waals surface area contributed by atoms with Gasteiger partial charge in [0.25, 0.3) is 0 Å². The van der Waals surface area contributed by atoms with Gasteiger partial charge in [-0.1, -0.05) is 0 Å². The van der Waals surface area contributed by atoms with E-state index < -0.39 is 0 Å². The third kappa shape index (κ3) is 8.85. The molecule has 0 heterocycles. The molecule has 0 aliphatic rings. The second-order valence-electron chi connectivity index (χ2n) is 0. The topological polar surface area (TPSA) is 0 Å². The van der Waals surface area contributed by atoms with E-state index in [9.17, 15) is 0 Å². The van der Waals surface area contributed by atoms with Gasteiger partial charge in [-0.3, -0.25) is 0 Å². The fraction of sp³-hybridized carbons (Fsp3) is 0. The van der Waals surface area contributed by atoms with Crippen LogP contribution in [0.1, 0.15) is 0 Å². The third-order valence-electron chi connectivity index (χ3n) is 0. The van der Waals surface area contributed by atoms with Crippen molar-refractivity contribution in [3.63, 3.8) is 0 Å². The smallest absolute Gasteiger partial charge is 0 e. The molecule has 0 rings (SSSR count). The van der Waals surface area contributed by atoms with Crippen LogP contribution in [0.25, 0.3) is 0 Å². The molecule has 0 saturated carbocycles. The van der Waals surface area contributed by atoms with Crippen LogP contribution in [0.3, 0.4) is 0 Å². The fourth-order valence-corrected chi connectivity index (χ4v) is 0. The van der Waals surface area contributed by atoms with Crippen LogP contribution in [0.2, 0.25) is 0 Å². The Hall–Kier alpha value is 2.30. The zero-order valence-corrected chi connectivity index (χ0v) is 5.34. The molecule has 0 fully saturated rings. The molecule has 0 N–H and O–H groups in total. The van der Waals surface area contributed by atoms with E-state index in [-0.39, 0.29) is 73.5 Å². The molecule has 2 radical (unpaired) electrons. The quantitative estimate of drug-likeness (QED) is 0.520. The van der Waals surface area contributed by atoms with Crippen LogP contribution < -0.4 is 0 Å². The van der Waals surface area contributed by atoms with Crippen molar-refractivity contribution < 1.29 is 54.6 Å². The molecule has 0 aromatic rings. The normalized spacial score (nSPS) is 0. The first-order valence-corrected chi connectivity index (χ1v) is 0. The summed E-state index contributed by atoms with van der Waals surface area (Å²) in [7, 11) is 0. The van der Waals surface area contributed by atoms with Crippen molar-refractivity contribution in [2.45, 2.75) is 0 Å². The van der Waals surface area contributed by atoms with E-state index in [1.165, 1.54) is 0 Å². The van der Waals surface area contributed by atoms with Crippen molar-refractivity contribution in [1.29, 1.82) is 0 Å². The van der Waals surface area contributed by atoms with E-state index in [4.69, 9.17) is 0 Å². The molecule has 0 spiro atoms. The first-order chi connectivity index (χ1) is 0. The van der Waals surface area contributed by atoms with Gasteiger partial charge in [0.05, 0.1) is 0 Å². The SMILES string of the molecule is [Co].[Co].[LiH].[Pt]. The average Bonchev–Trinajstić information content (AvgIpc) is 0. The summed E-state index contributed by atoms with van der Waals surface area (Å²) in [6.07, 6.45) is 0. The van der Waals surface area contributed by atoms with E-state index in [0.717, 1.165) is 0 Å². The van der Waals surface area contributed by atoms with Crippen molar-refractivity contribution in [3.05, 3.63) is 0 Å². The maximum Gasteiger partial charge on any atom is 0 e. The van der Waals surface area contributed by atoms with Crippen molar-refractivity contribution in [2.24, 2.45) is 0 Å². The van der Waals surface area contributed by atoms with Gasteiger partial charge in [0.2, 0.25) is 0 Å². The van der Waals surface area contributed by atoms with Gasteiger partial charge < -0.3 is 0 Å². The molecular weight excluding hydrogens is 320 g/mol. The molecule has 0 aliphatic carbocycles. The first-order valence-electron chi connectivity index (χ1n) is 0. The Kier molecular flexibility index (Phi) is 155. The van der Waals surface area contributed by atoms with Crippen LogP contribution in [0, 0.1) is 0 Å². The summed E-state index contributed by atoms with van der Waals surface area (Å²) in [5.41, 5.74) is 0. The Morgan fingerprint density at radius 3 is 0.750 bits per heavy atom. The Labute approximate surface area is 72.7 Å². The maximum atomic E-state index is 0. The van der Waals surface area contributed by atoms with Gasteiger partial charge in [-0.2, -0.15) is 0 Å². The Morgan fingerprint density at radius 2 is 0.750 bits per heavy atom. The Balaban J connectivity index is 0. The van der Waals surface area contributed by atoms with Crippen LogP contribution in [0.4, 0.5) is 0 Å². The Morgan fingerprint density at radius 1 is 0.750 bits per heavy atom. The van der Waals surface area contributed by atoms with Crippen molar-refractivity contribution in [3.8, 4) is 0 Å². The summed E-state index contributed by atoms with van der Waals surface area (Å²) in [5.74, 6) is 0. The number of hydrogen-bond donors (Lipinski definition) is 0. The summed E-state index contributed by atoms with van der Waals surface area (Å²) in [6.45, 7) is 0. The predicted octanol–water partition coefficient (Wildman–Crippen LogP) is -0.656. The van der Waals surface area contributed by atoms with Crippen LogP contribution >= 0.6 is 0 Å². The molecule has 0 bridgehead atoms. The van der Waals surface area contributed by atoms with E-state index in [2.05, 4.69) is 0 Å². The number of rotatable bonds is 0. The van der Waals surface area contributed by atoms with Gasteiger partial charge in [0.15, 0.2) is 0 Å². The van der Waals surface area contributed by atoms with Crippen LogP contribution in [-0.4, -0.2) is 18.9 Å². The van der Waals surface area contributed by atoms with Crippen LogP contribution in [-0.2, 0) is 54.6 Å². The third-order valence-corrected chi connectivity index (χ3v) is 0.